The molecular weight excluding hydrogens is 250 g/mol. The average Bonchev–Trinajstić information content (AvgIpc) is 2.28. The van der Waals surface area contributed by atoms with Crippen LogP contribution in [0.4, 0.5) is 0 Å². The highest BCUT2D eigenvalue weighted by molar-refractivity contribution is 7.71. The van der Waals surface area contributed by atoms with Crippen molar-refractivity contribution in [3.63, 3.8) is 0 Å². The molecule has 1 N–H and O–H groups in total. The van der Waals surface area contributed by atoms with Gasteiger partial charge in [-0.2, -0.15) is 8.42 Å². The zero-order valence-electron chi connectivity index (χ0n) is 9.03. The van der Waals surface area contributed by atoms with Crippen molar-refractivity contribution in [1.82, 2.24) is 4.90 Å². The van der Waals surface area contributed by atoms with Gasteiger partial charge in [0.25, 0.3) is 0 Å². The number of nitrogens with zero attached hydrogens (tertiary/aromatic N) is 1. The Hall–Kier alpha value is -1.41. The lowest BCUT2D eigenvalue weighted by atomic mass is 10.1. The van der Waals surface area contributed by atoms with E-state index in [0.717, 1.165) is 0 Å². The van der Waals surface area contributed by atoms with Crippen LogP contribution < -0.4 is 0 Å². The molecule has 1 aliphatic heterocycles. The molecule has 0 saturated carbocycles. The summed E-state index contributed by atoms with van der Waals surface area (Å²) in [7, 11) is -2.59. The molecule has 1 amide bonds. The molecule has 17 heavy (non-hydrogen) atoms. The number of hydrogen-bond donors (Lipinski definition) is 1. The van der Waals surface area contributed by atoms with E-state index < -0.39 is 22.2 Å². The molecule has 0 bridgehead atoms. The second-order valence-electron chi connectivity index (χ2n) is 3.54. The Bertz CT molecular complexity index is 415. The first kappa shape index (κ1) is 13.7. The molecule has 0 aromatic carbocycles. The van der Waals surface area contributed by atoms with Gasteiger partial charge in [-0.1, -0.05) is 0 Å². The molecule has 1 unspecified atom stereocenters. The summed E-state index contributed by atoms with van der Waals surface area (Å²) in [5.41, 5.74) is 0. The van der Waals surface area contributed by atoms with E-state index >= 15 is 0 Å². The van der Waals surface area contributed by atoms with E-state index in [-0.39, 0.29) is 12.3 Å². The lowest BCUT2D eigenvalue weighted by Crippen LogP contribution is -2.42. The summed E-state index contributed by atoms with van der Waals surface area (Å²) in [5, 5.41) is 9.40. The molecule has 1 saturated heterocycles. The van der Waals surface area contributed by atoms with Crippen LogP contribution in [0.25, 0.3) is 0 Å². The number of aliphatic carboxylic acids is 1. The summed E-state index contributed by atoms with van der Waals surface area (Å²) in [5.74, 6) is -3.00. The molecule has 1 heterocycles. The predicted molar refractivity (Wildman–Crippen MR) is 58.1 cm³/mol. The molecular formula is C9H13NO6S. The Morgan fingerprint density at radius 2 is 1.94 bits per heavy atom. The lowest BCUT2D eigenvalue weighted by molar-refractivity contribution is -0.144. The van der Waals surface area contributed by atoms with Crippen LogP contribution in [0.2, 0.25) is 0 Å². The molecule has 1 atom stereocenters. The van der Waals surface area contributed by atoms with Gasteiger partial charge in [0, 0.05) is 19.5 Å². The summed E-state index contributed by atoms with van der Waals surface area (Å²) < 4.78 is 25.9. The van der Waals surface area contributed by atoms with Gasteiger partial charge in [0.15, 0.2) is 0 Å². The Morgan fingerprint density at radius 1 is 1.35 bits per heavy atom. The fourth-order valence-electron chi connectivity index (χ4n) is 1.46. The maximum absolute atomic E-state index is 11.7. The van der Waals surface area contributed by atoms with Crippen LogP contribution in [0.1, 0.15) is 6.42 Å². The molecule has 1 rings (SSSR count). The van der Waals surface area contributed by atoms with Crippen molar-refractivity contribution in [3.05, 3.63) is 0 Å². The Morgan fingerprint density at radius 3 is 2.41 bits per heavy atom. The van der Waals surface area contributed by atoms with Gasteiger partial charge in [0.2, 0.25) is 16.2 Å². The van der Waals surface area contributed by atoms with E-state index in [2.05, 4.69) is 0 Å². The van der Waals surface area contributed by atoms with Crippen LogP contribution in [0.3, 0.4) is 0 Å². The van der Waals surface area contributed by atoms with E-state index in [1.54, 1.807) is 0 Å². The number of carboxylic acid groups (broad SMARTS) is 1. The SMILES string of the molecule is O=C(O)C(C=S(=O)=O)CC(=O)N1CCOCC1. The highest BCUT2D eigenvalue weighted by Gasteiger charge is 2.24. The first-order valence-electron chi connectivity index (χ1n) is 5.02. The summed E-state index contributed by atoms with van der Waals surface area (Å²) in [6, 6.07) is 0. The normalized spacial score (nSPS) is 17.3. The first-order valence-corrected chi connectivity index (χ1v) is 6.16. The lowest BCUT2D eigenvalue weighted by Gasteiger charge is -2.27. The molecule has 0 aromatic heterocycles. The van der Waals surface area contributed by atoms with Crippen LogP contribution in [-0.2, 0) is 24.6 Å². The number of hydrogen-bond acceptors (Lipinski definition) is 5. The van der Waals surface area contributed by atoms with E-state index in [4.69, 9.17) is 9.84 Å². The summed E-state index contributed by atoms with van der Waals surface area (Å²) in [4.78, 5) is 23.9. The highest BCUT2D eigenvalue weighted by atomic mass is 32.2. The van der Waals surface area contributed by atoms with E-state index in [9.17, 15) is 18.0 Å². The highest BCUT2D eigenvalue weighted by Crippen LogP contribution is 2.06. The van der Waals surface area contributed by atoms with Crippen LogP contribution in [-0.4, -0.2) is 62.0 Å². The number of amides is 1. The summed E-state index contributed by atoms with van der Waals surface area (Å²) >= 11 is 0. The number of carboxylic acids is 1. The van der Waals surface area contributed by atoms with Crippen molar-refractivity contribution in [2.75, 3.05) is 26.3 Å². The monoisotopic (exact) mass is 263 g/mol. The molecule has 0 aliphatic carbocycles. The minimum Gasteiger partial charge on any atom is -0.481 e. The van der Waals surface area contributed by atoms with Gasteiger partial charge in [-0.25, -0.2) is 0 Å². The van der Waals surface area contributed by atoms with Crippen LogP contribution >= 0.6 is 0 Å². The molecule has 96 valence electrons. The average molecular weight is 263 g/mol. The van der Waals surface area contributed by atoms with Gasteiger partial charge in [-0.05, 0) is 0 Å². The molecule has 7 nitrogen and oxygen atoms in total. The van der Waals surface area contributed by atoms with Crippen molar-refractivity contribution in [3.8, 4) is 0 Å². The quantitative estimate of drug-likeness (QED) is 0.627. The Balaban J connectivity index is 2.63. The van der Waals surface area contributed by atoms with Gasteiger partial charge < -0.3 is 14.7 Å². The third-order valence-electron chi connectivity index (χ3n) is 2.35. The minimum atomic E-state index is -2.59. The van der Waals surface area contributed by atoms with Gasteiger partial charge in [0.05, 0.1) is 24.5 Å². The fourth-order valence-corrected chi connectivity index (χ4v) is 1.94. The summed E-state index contributed by atoms with van der Waals surface area (Å²) in [6.07, 6.45) is -0.344. The van der Waals surface area contributed by atoms with Crippen molar-refractivity contribution < 1.29 is 27.9 Å². The number of carbonyl (C=O) groups is 2. The number of ether oxygens (including phenoxy) is 1. The van der Waals surface area contributed by atoms with Crippen molar-refractivity contribution in [2.45, 2.75) is 6.42 Å². The zero-order valence-corrected chi connectivity index (χ0v) is 9.85. The Kier molecular flexibility index (Phi) is 5.11. The van der Waals surface area contributed by atoms with Crippen molar-refractivity contribution in [2.24, 2.45) is 5.92 Å². The van der Waals surface area contributed by atoms with Crippen LogP contribution in [0.5, 0.6) is 0 Å². The second-order valence-corrected chi connectivity index (χ2v) is 4.33. The first-order chi connectivity index (χ1) is 8.00. The smallest absolute Gasteiger partial charge is 0.311 e. The maximum Gasteiger partial charge on any atom is 0.311 e. The molecule has 8 heteroatoms. The van der Waals surface area contributed by atoms with Gasteiger partial charge in [-0.3, -0.25) is 9.59 Å². The number of carbonyl (C=O) groups excluding carboxylic acids is 1. The minimum absolute atomic E-state index is 0.344. The molecule has 1 fully saturated rings. The van der Waals surface area contributed by atoms with E-state index in [1.165, 1.54) is 4.90 Å². The Labute approximate surface area is 99.5 Å². The number of rotatable bonds is 4. The summed E-state index contributed by atoms with van der Waals surface area (Å²) in [6.45, 7) is 1.65. The predicted octanol–water partition coefficient (Wildman–Crippen LogP) is -1.38. The van der Waals surface area contributed by atoms with Crippen molar-refractivity contribution >= 4 is 27.5 Å². The van der Waals surface area contributed by atoms with E-state index in [1.807, 2.05) is 0 Å². The third kappa shape index (κ3) is 4.53. The van der Waals surface area contributed by atoms with Crippen LogP contribution in [0, 0.1) is 5.92 Å². The zero-order chi connectivity index (χ0) is 12.8. The maximum atomic E-state index is 11.7. The largest absolute Gasteiger partial charge is 0.481 e. The topological polar surface area (TPSA) is 101 Å². The van der Waals surface area contributed by atoms with Crippen molar-refractivity contribution in [1.29, 1.82) is 0 Å². The van der Waals surface area contributed by atoms with Gasteiger partial charge in [-0.15, -0.1) is 0 Å². The molecule has 0 aromatic rings. The number of morpholine rings is 1. The van der Waals surface area contributed by atoms with E-state index in [0.29, 0.717) is 31.7 Å². The molecule has 1 aliphatic rings. The van der Waals surface area contributed by atoms with Crippen LogP contribution in [0.15, 0.2) is 0 Å². The third-order valence-corrected chi connectivity index (χ3v) is 2.90. The molecule has 0 radical (unpaired) electrons. The van der Waals surface area contributed by atoms with Gasteiger partial charge >= 0.3 is 5.97 Å². The standard InChI is InChI=1S/C9H13NO6S/c11-8(10-1-3-16-4-2-10)5-7(9(12)13)6-17(14)15/h6-7H,1-5H2,(H,12,13). The molecule has 0 spiro atoms. The second kappa shape index (κ2) is 6.36. The van der Waals surface area contributed by atoms with Gasteiger partial charge in [0.1, 0.15) is 0 Å². The fraction of sp³-hybridized carbons (Fsp3) is 0.667.